The first-order valence-electron chi connectivity index (χ1n) is 10.5. The van der Waals surface area contributed by atoms with Crippen molar-refractivity contribution in [3.63, 3.8) is 0 Å². The third-order valence-electron chi connectivity index (χ3n) is 5.17. The lowest BCUT2D eigenvalue weighted by atomic mass is 10.1. The molecule has 3 rings (SSSR count). The number of nitrogens with zero attached hydrogens (tertiary/aromatic N) is 1. The summed E-state index contributed by atoms with van der Waals surface area (Å²) < 4.78 is 11.6. The second kappa shape index (κ2) is 13.5. The first-order valence-corrected chi connectivity index (χ1v) is 10.5. The Kier molecular flexibility index (Phi) is 11.0. The van der Waals surface area contributed by atoms with E-state index >= 15 is 0 Å². The average Bonchev–Trinajstić information content (AvgIpc) is 3.27. The summed E-state index contributed by atoms with van der Waals surface area (Å²) in [6.45, 7) is 6.02. The van der Waals surface area contributed by atoms with Gasteiger partial charge in [-0.25, -0.2) is 0 Å². The van der Waals surface area contributed by atoms with Gasteiger partial charge in [-0.2, -0.15) is 0 Å². The van der Waals surface area contributed by atoms with Gasteiger partial charge in [-0.3, -0.25) is 4.99 Å². The van der Waals surface area contributed by atoms with Gasteiger partial charge < -0.3 is 20.1 Å². The highest BCUT2D eigenvalue weighted by atomic mass is 127. The largest absolute Gasteiger partial charge is 0.493 e. The van der Waals surface area contributed by atoms with Gasteiger partial charge in [0, 0.05) is 38.2 Å². The molecule has 1 unspecified atom stereocenters. The van der Waals surface area contributed by atoms with Crippen LogP contribution in [-0.2, 0) is 17.7 Å². The molecule has 0 radical (unpaired) electrons. The summed E-state index contributed by atoms with van der Waals surface area (Å²) in [6.07, 6.45) is 3.21. The molecule has 1 saturated heterocycles. The highest BCUT2D eigenvalue weighted by Crippen LogP contribution is 2.22. The Labute approximate surface area is 197 Å². The number of aryl methyl sites for hydroxylation is 2. The minimum atomic E-state index is 0. The zero-order valence-electron chi connectivity index (χ0n) is 18.0. The van der Waals surface area contributed by atoms with Gasteiger partial charge in [0.05, 0.1) is 13.2 Å². The van der Waals surface area contributed by atoms with Crippen LogP contribution < -0.4 is 15.4 Å². The minimum absolute atomic E-state index is 0. The molecule has 6 heteroatoms. The van der Waals surface area contributed by atoms with Crippen LogP contribution in [0, 0.1) is 12.8 Å². The molecule has 0 aliphatic carbocycles. The first-order chi connectivity index (χ1) is 14.2. The smallest absolute Gasteiger partial charge is 0.191 e. The van der Waals surface area contributed by atoms with Crippen molar-refractivity contribution in [2.45, 2.75) is 32.7 Å². The molecule has 0 amide bonds. The van der Waals surface area contributed by atoms with E-state index in [1.165, 1.54) is 11.1 Å². The predicted molar refractivity (Wildman–Crippen MR) is 134 cm³/mol. The molecule has 2 aromatic rings. The first kappa shape index (κ1) is 24.5. The number of aliphatic imine (C=N–C) groups is 1. The summed E-state index contributed by atoms with van der Waals surface area (Å²) in [6, 6.07) is 16.9. The molecular weight excluding hydrogens is 489 g/mol. The minimum Gasteiger partial charge on any atom is -0.493 e. The van der Waals surface area contributed by atoms with Gasteiger partial charge in [-0.15, -0.1) is 24.0 Å². The molecule has 1 aliphatic heterocycles. The zero-order valence-corrected chi connectivity index (χ0v) is 20.4. The van der Waals surface area contributed by atoms with E-state index in [4.69, 9.17) is 9.47 Å². The summed E-state index contributed by atoms with van der Waals surface area (Å²) in [7, 11) is 1.80. The lowest BCUT2D eigenvalue weighted by Gasteiger charge is -2.17. The molecule has 0 saturated carbocycles. The van der Waals surface area contributed by atoms with E-state index in [1.54, 1.807) is 7.05 Å². The normalized spacial score (nSPS) is 16.1. The number of halogens is 1. The van der Waals surface area contributed by atoms with Gasteiger partial charge >= 0.3 is 0 Å². The van der Waals surface area contributed by atoms with E-state index in [0.717, 1.165) is 56.3 Å². The fourth-order valence-electron chi connectivity index (χ4n) is 3.41. The van der Waals surface area contributed by atoms with Crippen LogP contribution in [0.15, 0.2) is 53.5 Å². The number of hydrogen-bond donors (Lipinski definition) is 2. The van der Waals surface area contributed by atoms with Crippen LogP contribution >= 0.6 is 24.0 Å². The van der Waals surface area contributed by atoms with Gasteiger partial charge in [0.15, 0.2) is 5.96 Å². The topological polar surface area (TPSA) is 54.9 Å². The van der Waals surface area contributed by atoms with Crippen molar-refractivity contribution < 1.29 is 9.47 Å². The number of hydrogen-bond acceptors (Lipinski definition) is 3. The van der Waals surface area contributed by atoms with Crippen LogP contribution in [0.3, 0.4) is 0 Å². The SMILES string of the molecule is CN=C(NCCCc1ccccc1)NCc1ccc(C)cc1OCC1CCOC1.I. The fraction of sp³-hybridized carbons (Fsp3) is 0.458. The molecule has 2 N–H and O–H groups in total. The standard InChI is InChI=1S/C24H33N3O2.HI/c1-19-10-11-22(23(15-19)29-18-21-12-14-28-17-21)16-27-24(25-2)26-13-6-9-20-7-4-3-5-8-20;/h3-5,7-8,10-11,15,21H,6,9,12-14,16-18H2,1-2H3,(H2,25,26,27);1H. The number of ether oxygens (including phenoxy) is 2. The molecule has 1 atom stereocenters. The van der Waals surface area contributed by atoms with Crippen molar-refractivity contribution in [2.24, 2.45) is 10.9 Å². The Morgan fingerprint density at radius 1 is 1.17 bits per heavy atom. The third-order valence-corrected chi connectivity index (χ3v) is 5.17. The number of guanidine groups is 1. The van der Waals surface area contributed by atoms with Gasteiger partial charge in [0.25, 0.3) is 0 Å². The van der Waals surface area contributed by atoms with E-state index in [2.05, 4.69) is 71.1 Å². The van der Waals surface area contributed by atoms with Gasteiger partial charge in [0.1, 0.15) is 5.75 Å². The Bertz CT molecular complexity index is 777. The summed E-state index contributed by atoms with van der Waals surface area (Å²) in [4.78, 5) is 4.34. The van der Waals surface area contributed by atoms with Crippen LogP contribution in [0.1, 0.15) is 29.5 Å². The molecule has 2 aromatic carbocycles. The van der Waals surface area contributed by atoms with E-state index in [-0.39, 0.29) is 24.0 Å². The molecule has 1 fully saturated rings. The summed E-state index contributed by atoms with van der Waals surface area (Å²) in [5, 5.41) is 6.81. The van der Waals surface area contributed by atoms with E-state index < -0.39 is 0 Å². The van der Waals surface area contributed by atoms with Gasteiger partial charge in [-0.1, -0.05) is 42.5 Å². The van der Waals surface area contributed by atoms with Gasteiger partial charge in [0.2, 0.25) is 0 Å². The molecule has 164 valence electrons. The Morgan fingerprint density at radius 2 is 2.00 bits per heavy atom. The van der Waals surface area contributed by atoms with Crippen molar-refractivity contribution in [1.82, 2.24) is 10.6 Å². The average molecular weight is 523 g/mol. The van der Waals surface area contributed by atoms with Crippen molar-refractivity contribution in [3.8, 4) is 5.75 Å². The second-order valence-electron chi connectivity index (χ2n) is 7.59. The van der Waals surface area contributed by atoms with E-state index in [0.29, 0.717) is 19.1 Å². The molecular formula is C24H34IN3O2. The fourth-order valence-corrected chi connectivity index (χ4v) is 3.41. The monoisotopic (exact) mass is 523 g/mol. The maximum Gasteiger partial charge on any atom is 0.191 e. The number of nitrogens with one attached hydrogen (secondary N) is 2. The maximum absolute atomic E-state index is 6.14. The van der Waals surface area contributed by atoms with Crippen LogP contribution in [0.2, 0.25) is 0 Å². The predicted octanol–water partition coefficient (Wildman–Crippen LogP) is 4.33. The van der Waals surface area contributed by atoms with Crippen molar-refractivity contribution in [1.29, 1.82) is 0 Å². The molecule has 0 bridgehead atoms. The van der Waals surface area contributed by atoms with Crippen LogP contribution in [-0.4, -0.2) is 39.4 Å². The van der Waals surface area contributed by atoms with Crippen molar-refractivity contribution in [2.75, 3.05) is 33.4 Å². The second-order valence-corrected chi connectivity index (χ2v) is 7.59. The van der Waals surface area contributed by atoms with Crippen LogP contribution in [0.5, 0.6) is 5.75 Å². The summed E-state index contributed by atoms with van der Waals surface area (Å²) in [5.74, 6) is 2.26. The van der Waals surface area contributed by atoms with E-state index in [1.807, 2.05) is 0 Å². The number of benzene rings is 2. The van der Waals surface area contributed by atoms with Crippen LogP contribution in [0.4, 0.5) is 0 Å². The summed E-state index contributed by atoms with van der Waals surface area (Å²) >= 11 is 0. The third kappa shape index (κ3) is 8.14. The van der Waals surface area contributed by atoms with Crippen molar-refractivity contribution >= 4 is 29.9 Å². The Morgan fingerprint density at radius 3 is 2.73 bits per heavy atom. The van der Waals surface area contributed by atoms with Gasteiger partial charge in [-0.05, 0) is 43.4 Å². The zero-order chi connectivity index (χ0) is 20.3. The quantitative estimate of drug-likeness (QED) is 0.223. The molecule has 1 aliphatic rings. The van der Waals surface area contributed by atoms with E-state index in [9.17, 15) is 0 Å². The molecule has 30 heavy (non-hydrogen) atoms. The molecule has 0 spiro atoms. The summed E-state index contributed by atoms with van der Waals surface area (Å²) in [5.41, 5.74) is 3.71. The highest BCUT2D eigenvalue weighted by molar-refractivity contribution is 14.0. The van der Waals surface area contributed by atoms with Crippen molar-refractivity contribution in [3.05, 3.63) is 65.2 Å². The maximum atomic E-state index is 6.14. The Balaban J connectivity index is 0.00000320. The van der Waals surface area contributed by atoms with Crippen LogP contribution in [0.25, 0.3) is 0 Å². The lowest BCUT2D eigenvalue weighted by molar-refractivity contribution is 0.166. The highest BCUT2D eigenvalue weighted by Gasteiger charge is 2.17. The molecule has 1 heterocycles. The lowest BCUT2D eigenvalue weighted by Crippen LogP contribution is -2.37. The molecule has 0 aromatic heterocycles. The Hall–Kier alpha value is -1.80. The molecule has 5 nitrogen and oxygen atoms in total. The number of rotatable bonds is 9.